The van der Waals surface area contributed by atoms with Crippen molar-refractivity contribution in [3.8, 4) is 0 Å². The van der Waals surface area contributed by atoms with Gasteiger partial charge in [0.1, 0.15) is 0 Å². The molecule has 5 rings (SSSR count). The van der Waals surface area contributed by atoms with Crippen LogP contribution in [0.25, 0.3) is 0 Å². The van der Waals surface area contributed by atoms with Crippen molar-refractivity contribution < 1.29 is 13.8 Å². The molecule has 5 nitrogen and oxygen atoms in total. The summed E-state index contributed by atoms with van der Waals surface area (Å²) in [6, 6.07) is 19.5. The van der Waals surface area contributed by atoms with E-state index in [4.69, 9.17) is 11.6 Å². The molecule has 35 heavy (non-hydrogen) atoms. The van der Waals surface area contributed by atoms with Crippen LogP contribution in [0.2, 0.25) is 5.02 Å². The zero-order valence-electron chi connectivity index (χ0n) is 19.7. The van der Waals surface area contributed by atoms with Crippen LogP contribution in [-0.2, 0) is 17.3 Å². The fourth-order valence-electron chi connectivity index (χ4n) is 5.14. The van der Waals surface area contributed by atoms with E-state index >= 15 is 0 Å². The van der Waals surface area contributed by atoms with E-state index < -0.39 is 10.8 Å². The zero-order chi connectivity index (χ0) is 24.7. The van der Waals surface area contributed by atoms with Gasteiger partial charge in [-0.25, -0.2) is 4.21 Å². The third-order valence-corrected chi connectivity index (χ3v) is 8.42. The van der Waals surface area contributed by atoms with Crippen molar-refractivity contribution in [1.29, 1.82) is 0 Å². The molecule has 180 valence electrons. The molecule has 3 aromatic rings. The molecule has 2 amide bonds. The molecule has 0 N–H and O–H groups in total. The molecule has 0 aromatic heterocycles. The first-order valence-corrected chi connectivity index (χ1v) is 13.3. The molecule has 0 bridgehead atoms. The fraction of sp³-hybridized carbons (Fsp3) is 0.286. The molecule has 0 radical (unpaired) electrons. The van der Waals surface area contributed by atoms with Gasteiger partial charge in [0.15, 0.2) is 0 Å². The molecule has 3 atom stereocenters. The Labute approximate surface area is 213 Å². The van der Waals surface area contributed by atoms with Gasteiger partial charge >= 0.3 is 0 Å². The van der Waals surface area contributed by atoms with Crippen molar-refractivity contribution in [2.24, 2.45) is 11.8 Å². The molecule has 2 heterocycles. The summed E-state index contributed by atoms with van der Waals surface area (Å²) in [5.41, 5.74) is 2.29. The van der Waals surface area contributed by atoms with E-state index in [1.807, 2.05) is 17.0 Å². The maximum Gasteiger partial charge on any atom is 0.259 e. The van der Waals surface area contributed by atoms with Gasteiger partial charge < -0.3 is 9.80 Å². The highest BCUT2D eigenvalue weighted by atomic mass is 35.5. The van der Waals surface area contributed by atoms with E-state index in [0.717, 1.165) is 12.0 Å². The molecule has 1 fully saturated rings. The SMILES string of the molecule is C[C@@H]1C[C@H](C)CN(C(=O)c2ccc3c(c2)N(Cc2ccc(Cl)cc2)C(=O)c2ccccc2[S@@]3=O)C1. The van der Waals surface area contributed by atoms with Crippen LogP contribution in [0, 0.1) is 11.8 Å². The van der Waals surface area contributed by atoms with E-state index in [-0.39, 0.29) is 18.4 Å². The Balaban J connectivity index is 1.60. The summed E-state index contributed by atoms with van der Waals surface area (Å²) >= 11 is 6.06. The Kier molecular flexibility index (Phi) is 6.51. The Morgan fingerprint density at radius 3 is 2.37 bits per heavy atom. The third-order valence-electron chi connectivity index (χ3n) is 6.67. The molecule has 0 spiro atoms. The quantitative estimate of drug-likeness (QED) is 0.452. The van der Waals surface area contributed by atoms with Gasteiger partial charge in [-0.1, -0.05) is 49.7 Å². The van der Waals surface area contributed by atoms with E-state index in [1.54, 1.807) is 59.5 Å². The second-order valence-electron chi connectivity index (χ2n) is 9.62. The summed E-state index contributed by atoms with van der Waals surface area (Å²) in [5, 5.41) is 0.612. The number of rotatable bonds is 3. The lowest BCUT2D eigenvalue weighted by atomic mass is 9.91. The van der Waals surface area contributed by atoms with E-state index in [1.165, 1.54) is 0 Å². The van der Waals surface area contributed by atoms with Gasteiger partial charge in [0.05, 0.1) is 38.4 Å². The summed E-state index contributed by atoms with van der Waals surface area (Å²) < 4.78 is 13.6. The van der Waals surface area contributed by atoms with Crippen molar-refractivity contribution in [2.45, 2.75) is 36.6 Å². The smallest absolute Gasteiger partial charge is 0.259 e. The second-order valence-corrected chi connectivity index (χ2v) is 11.5. The van der Waals surface area contributed by atoms with E-state index in [9.17, 15) is 13.8 Å². The van der Waals surface area contributed by atoms with Crippen molar-refractivity contribution in [3.63, 3.8) is 0 Å². The number of amides is 2. The average molecular weight is 507 g/mol. The van der Waals surface area contributed by atoms with Crippen LogP contribution in [0.3, 0.4) is 0 Å². The number of hydrogen-bond acceptors (Lipinski definition) is 3. The van der Waals surface area contributed by atoms with Crippen LogP contribution in [0.1, 0.15) is 46.5 Å². The summed E-state index contributed by atoms with van der Waals surface area (Å²) in [7, 11) is -1.56. The highest BCUT2D eigenvalue weighted by Gasteiger charge is 2.33. The van der Waals surface area contributed by atoms with Crippen LogP contribution in [0.4, 0.5) is 5.69 Å². The average Bonchev–Trinajstić information content (AvgIpc) is 2.93. The summed E-state index contributed by atoms with van der Waals surface area (Å²) in [6.07, 6.45) is 1.11. The normalized spacial score (nSPS) is 21.8. The zero-order valence-corrected chi connectivity index (χ0v) is 21.3. The second kappa shape index (κ2) is 9.59. The molecule has 2 aliphatic rings. The fourth-order valence-corrected chi connectivity index (χ4v) is 6.61. The number of carbonyl (C=O) groups is 2. The van der Waals surface area contributed by atoms with Gasteiger partial charge in [-0.05, 0) is 66.3 Å². The Hall–Kier alpha value is -2.96. The van der Waals surface area contributed by atoms with Crippen LogP contribution in [0.15, 0.2) is 76.5 Å². The highest BCUT2D eigenvalue weighted by molar-refractivity contribution is 7.85. The Bertz CT molecular complexity index is 1310. The van der Waals surface area contributed by atoms with Gasteiger partial charge in [-0.15, -0.1) is 0 Å². The van der Waals surface area contributed by atoms with Crippen molar-refractivity contribution in [3.05, 3.63) is 88.4 Å². The van der Waals surface area contributed by atoms with Gasteiger partial charge in [-0.2, -0.15) is 0 Å². The standard InChI is InChI=1S/C28H27ClN2O3S/c1-18-13-19(2)16-30(15-18)27(32)21-9-12-26-24(14-21)31(17-20-7-10-22(29)11-8-20)28(33)23-5-3-4-6-25(23)35(26)34/h3-12,14,18-19H,13,15-17H2,1-2H3/t18-,19+,35-/m0/s1. The molecule has 7 heteroatoms. The van der Waals surface area contributed by atoms with Crippen LogP contribution < -0.4 is 4.90 Å². The molecule has 0 saturated carbocycles. The lowest BCUT2D eigenvalue weighted by Crippen LogP contribution is -2.42. The number of piperidine rings is 1. The molecular weight excluding hydrogens is 480 g/mol. The third kappa shape index (κ3) is 4.65. The Morgan fingerprint density at radius 2 is 1.66 bits per heavy atom. The predicted octanol–water partition coefficient (Wildman–Crippen LogP) is 5.79. The molecule has 0 aliphatic carbocycles. The Morgan fingerprint density at radius 1 is 0.971 bits per heavy atom. The number of hydrogen-bond donors (Lipinski definition) is 0. The van der Waals surface area contributed by atoms with Gasteiger partial charge in [0.25, 0.3) is 11.8 Å². The minimum Gasteiger partial charge on any atom is -0.338 e. The van der Waals surface area contributed by atoms with Crippen molar-refractivity contribution in [2.75, 3.05) is 18.0 Å². The predicted molar refractivity (Wildman–Crippen MR) is 138 cm³/mol. The minimum atomic E-state index is -1.56. The maximum atomic E-state index is 13.8. The largest absolute Gasteiger partial charge is 0.338 e. The number of carbonyl (C=O) groups excluding carboxylic acids is 2. The molecule has 2 aliphatic heterocycles. The van der Waals surface area contributed by atoms with E-state index in [2.05, 4.69) is 13.8 Å². The summed E-state index contributed by atoms with van der Waals surface area (Å²) in [5.74, 6) is 0.576. The molecule has 3 aromatic carbocycles. The lowest BCUT2D eigenvalue weighted by Gasteiger charge is -2.35. The topological polar surface area (TPSA) is 57.7 Å². The van der Waals surface area contributed by atoms with Crippen molar-refractivity contribution in [1.82, 2.24) is 4.90 Å². The first kappa shape index (κ1) is 23.8. The highest BCUT2D eigenvalue weighted by Crippen LogP contribution is 2.36. The van der Waals surface area contributed by atoms with Gasteiger partial charge in [0.2, 0.25) is 0 Å². The van der Waals surface area contributed by atoms with Crippen molar-refractivity contribution >= 4 is 39.9 Å². The first-order chi connectivity index (χ1) is 16.8. The van der Waals surface area contributed by atoms with E-state index in [0.29, 0.717) is 56.6 Å². The minimum absolute atomic E-state index is 0.0577. The molecular formula is C28H27ClN2O3S. The number of likely N-dealkylation sites (tertiary alicyclic amines) is 1. The number of fused-ring (bicyclic) bond motifs is 2. The molecule has 1 saturated heterocycles. The van der Waals surface area contributed by atoms with Crippen LogP contribution in [0.5, 0.6) is 0 Å². The van der Waals surface area contributed by atoms with Crippen LogP contribution >= 0.6 is 11.6 Å². The molecule has 0 unspecified atom stereocenters. The number of halogens is 1. The van der Waals surface area contributed by atoms with Gasteiger partial charge in [0, 0.05) is 23.7 Å². The summed E-state index contributed by atoms with van der Waals surface area (Å²) in [4.78, 5) is 31.8. The van der Waals surface area contributed by atoms with Crippen LogP contribution in [-0.4, -0.2) is 34.0 Å². The first-order valence-electron chi connectivity index (χ1n) is 11.8. The number of benzene rings is 3. The lowest BCUT2D eigenvalue weighted by molar-refractivity contribution is 0.0623. The van der Waals surface area contributed by atoms with Gasteiger partial charge in [-0.3, -0.25) is 9.59 Å². The maximum absolute atomic E-state index is 13.8. The number of nitrogens with zero attached hydrogens (tertiary/aromatic N) is 2. The monoisotopic (exact) mass is 506 g/mol. The summed E-state index contributed by atoms with van der Waals surface area (Å²) in [6.45, 7) is 6.03. The number of anilines is 1.